The molecule has 0 amide bonds. The highest BCUT2D eigenvalue weighted by Crippen LogP contribution is 2.08. The molecule has 46 valence electrons. The van der Waals surface area contributed by atoms with Gasteiger partial charge in [0.1, 0.15) is 5.04 Å². The van der Waals surface area contributed by atoms with Crippen molar-refractivity contribution in [3.05, 3.63) is 0 Å². The van der Waals surface area contributed by atoms with Gasteiger partial charge in [-0.05, 0) is 0 Å². The van der Waals surface area contributed by atoms with Gasteiger partial charge in [-0.2, -0.15) is 0 Å². The largest absolute Gasteiger partial charge is 0.410 e. The highest BCUT2D eigenvalue weighted by atomic mass is 32.2. The smallest absolute Gasteiger partial charge is 0.138 e. The van der Waals surface area contributed by atoms with Crippen LogP contribution in [0.5, 0.6) is 0 Å². The summed E-state index contributed by atoms with van der Waals surface area (Å²) >= 11 is 1.54. The number of hydrogen-bond acceptors (Lipinski definition) is 4. The number of thioether (sulfide) groups is 1. The van der Waals surface area contributed by atoms with E-state index in [1.165, 1.54) is 11.8 Å². The second kappa shape index (κ2) is 2.94. The zero-order chi connectivity index (χ0) is 5.82. The zero-order valence-corrected chi connectivity index (χ0v) is 5.15. The van der Waals surface area contributed by atoms with Crippen molar-refractivity contribution in [3.63, 3.8) is 0 Å². The predicted molar refractivity (Wildman–Crippen MR) is 32.5 cm³/mol. The molecule has 1 saturated heterocycles. The van der Waals surface area contributed by atoms with Crippen LogP contribution in [0.3, 0.4) is 0 Å². The van der Waals surface area contributed by atoms with E-state index in [0.717, 1.165) is 12.4 Å². The van der Waals surface area contributed by atoms with Gasteiger partial charge >= 0.3 is 0 Å². The van der Waals surface area contributed by atoms with Crippen molar-refractivity contribution < 1.29 is 9.94 Å². The molecule has 8 heavy (non-hydrogen) atoms. The predicted octanol–water partition coefficient (Wildman–Crippen LogP) is 0.538. The van der Waals surface area contributed by atoms with Crippen LogP contribution in [0.15, 0.2) is 5.16 Å². The first-order valence-corrected chi connectivity index (χ1v) is 3.33. The van der Waals surface area contributed by atoms with Gasteiger partial charge in [-0.3, -0.25) is 0 Å². The first-order chi connectivity index (χ1) is 3.93. The lowest BCUT2D eigenvalue weighted by Gasteiger charge is -2.09. The van der Waals surface area contributed by atoms with Crippen molar-refractivity contribution in [2.75, 3.05) is 19.0 Å². The first-order valence-electron chi connectivity index (χ1n) is 2.35. The summed E-state index contributed by atoms with van der Waals surface area (Å²) < 4.78 is 4.96. The van der Waals surface area contributed by atoms with Crippen LogP contribution in [0, 0.1) is 0 Å². The van der Waals surface area contributed by atoms with Crippen molar-refractivity contribution in [1.82, 2.24) is 0 Å². The maximum absolute atomic E-state index is 8.18. The quantitative estimate of drug-likeness (QED) is 0.387. The molecular weight excluding hydrogens is 126 g/mol. The summed E-state index contributed by atoms with van der Waals surface area (Å²) in [5.74, 6) is 0.902. The molecule has 0 aromatic carbocycles. The molecule has 0 aliphatic carbocycles. The van der Waals surface area contributed by atoms with E-state index >= 15 is 0 Å². The molecular formula is C4H7NO2S. The van der Waals surface area contributed by atoms with E-state index in [2.05, 4.69) is 5.16 Å². The van der Waals surface area contributed by atoms with Gasteiger partial charge in [0.2, 0.25) is 0 Å². The fourth-order valence-electron chi connectivity index (χ4n) is 0.477. The fourth-order valence-corrected chi connectivity index (χ4v) is 1.14. The molecule has 0 unspecified atom stereocenters. The molecule has 0 bridgehead atoms. The topological polar surface area (TPSA) is 41.8 Å². The Kier molecular flexibility index (Phi) is 2.17. The van der Waals surface area contributed by atoms with Gasteiger partial charge in [-0.1, -0.05) is 5.16 Å². The molecule has 0 radical (unpaired) electrons. The standard InChI is InChI=1S/C4H7NO2S/c6-5-4-3-7-1-2-8-4/h6H,1-3H2/b5-4+. The minimum Gasteiger partial charge on any atom is -0.410 e. The van der Waals surface area contributed by atoms with Crippen molar-refractivity contribution in [2.24, 2.45) is 5.16 Å². The third-order valence-electron chi connectivity index (χ3n) is 0.833. The van der Waals surface area contributed by atoms with E-state index in [1.54, 1.807) is 0 Å². The van der Waals surface area contributed by atoms with Crippen LogP contribution in [0.1, 0.15) is 0 Å². The minimum absolute atomic E-state index is 0.473. The Morgan fingerprint density at radius 3 is 3.00 bits per heavy atom. The van der Waals surface area contributed by atoms with Crippen molar-refractivity contribution in [2.45, 2.75) is 0 Å². The lowest BCUT2D eigenvalue weighted by atomic mass is 10.7. The van der Waals surface area contributed by atoms with Crippen LogP contribution in [-0.2, 0) is 4.74 Å². The van der Waals surface area contributed by atoms with Gasteiger partial charge in [0, 0.05) is 5.75 Å². The highest BCUT2D eigenvalue weighted by molar-refractivity contribution is 8.14. The highest BCUT2D eigenvalue weighted by Gasteiger charge is 2.06. The molecule has 0 atom stereocenters. The Balaban J connectivity index is 2.33. The fraction of sp³-hybridized carbons (Fsp3) is 0.750. The summed E-state index contributed by atoms with van der Waals surface area (Å²) in [7, 11) is 0. The average molecular weight is 133 g/mol. The van der Waals surface area contributed by atoms with E-state index in [0.29, 0.717) is 11.7 Å². The molecule has 1 N–H and O–H groups in total. The molecule has 1 heterocycles. The van der Waals surface area contributed by atoms with Crippen LogP contribution in [0.25, 0.3) is 0 Å². The molecule has 0 aromatic rings. The molecule has 0 spiro atoms. The molecule has 0 aromatic heterocycles. The lowest BCUT2D eigenvalue weighted by Crippen LogP contribution is -2.14. The van der Waals surface area contributed by atoms with Crippen LogP contribution >= 0.6 is 11.8 Å². The van der Waals surface area contributed by atoms with Gasteiger partial charge in [-0.15, -0.1) is 11.8 Å². The maximum Gasteiger partial charge on any atom is 0.138 e. The first kappa shape index (κ1) is 5.91. The molecule has 3 nitrogen and oxygen atoms in total. The third-order valence-corrected chi connectivity index (χ3v) is 1.74. The molecule has 4 heteroatoms. The second-order valence-corrected chi connectivity index (χ2v) is 2.56. The Hall–Kier alpha value is -0.220. The number of ether oxygens (including phenoxy) is 1. The maximum atomic E-state index is 8.18. The summed E-state index contributed by atoms with van der Waals surface area (Å²) in [6, 6.07) is 0. The summed E-state index contributed by atoms with van der Waals surface area (Å²) in [5, 5.41) is 11.9. The molecule has 1 aliphatic rings. The van der Waals surface area contributed by atoms with E-state index in [4.69, 9.17) is 9.94 Å². The van der Waals surface area contributed by atoms with Crippen LogP contribution in [0.2, 0.25) is 0 Å². The third kappa shape index (κ3) is 1.38. The Morgan fingerprint density at radius 1 is 1.75 bits per heavy atom. The van der Waals surface area contributed by atoms with E-state index in [9.17, 15) is 0 Å². The van der Waals surface area contributed by atoms with E-state index in [-0.39, 0.29) is 0 Å². The Labute approximate surface area is 51.7 Å². The van der Waals surface area contributed by atoms with Gasteiger partial charge in [0.05, 0.1) is 13.2 Å². The van der Waals surface area contributed by atoms with Gasteiger partial charge < -0.3 is 9.94 Å². The van der Waals surface area contributed by atoms with Crippen LogP contribution < -0.4 is 0 Å². The van der Waals surface area contributed by atoms with E-state index < -0.39 is 0 Å². The van der Waals surface area contributed by atoms with Crippen molar-refractivity contribution in [3.8, 4) is 0 Å². The van der Waals surface area contributed by atoms with Crippen LogP contribution in [-0.4, -0.2) is 29.2 Å². The molecule has 1 aliphatic heterocycles. The Morgan fingerprint density at radius 2 is 2.62 bits per heavy atom. The van der Waals surface area contributed by atoms with Gasteiger partial charge in [-0.25, -0.2) is 0 Å². The van der Waals surface area contributed by atoms with E-state index in [1.807, 2.05) is 0 Å². The Bertz CT molecular complexity index is 96.2. The number of hydrogen-bond donors (Lipinski definition) is 1. The van der Waals surface area contributed by atoms with Crippen LogP contribution in [0.4, 0.5) is 0 Å². The van der Waals surface area contributed by atoms with Gasteiger partial charge in [0.15, 0.2) is 0 Å². The summed E-state index contributed by atoms with van der Waals surface area (Å²) in [4.78, 5) is 0. The zero-order valence-electron chi connectivity index (χ0n) is 4.33. The molecule has 0 saturated carbocycles. The minimum atomic E-state index is 0.473. The monoisotopic (exact) mass is 133 g/mol. The van der Waals surface area contributed by atoms with Crippen molar-refractivity contribution >= 4 is 16.8 Å². The second-order valence-electron chi connectivity index (χ2n) is 1.39. The summed E-state index contributed by atoms with van der Waals surface area (Å²) in [5.41, 5.74) is 0. The summed E-state index contributed by atoms with van der Waals surface area (Å²) in [6.07, 6.45) is 0. The van der Waals surface area contributed by atoms with Gasteiger partial charge in [0.25, 0.3) is 0 Å². The van der Waals surface area contributed by atoms with Crippen molar-refractivity contribution in [1.29, 1.82) is 0 Å². The number of oxime groups is 1. The summed E-state index contributed by atoms with van der Waals surface area (Å²) in [6.45, 7) is 1.24. The SMILES string of the molecule is O/N=C1\COCCS1. The average Bonchev–Trinajstić information content (AvgIpc) is 1.90. The molecule has 1 rings (SSSR count). The number of nitrogens with zero attached hydrogens (tertiary/aromatic N) is 1. The molecule has 1 fully saturated rings. The number of rotatable bonds is 0. The lowest BCUT2D eigenvalue weighted by molar-refractivity contribution is 0.185. The normalized spacial score (nSPS) is 26.2.